The van der Waals surface area contributed by atoms with Crippen LogP contribution in [0.3, 0.4) is 0 Å². The van der Waals surface area contributed by atoms with Crippen LogP contribution in [0.1, 0.15) is 12.7 Å². The lowest BCUT2D eigenvalue weighted by atomic mass is 10.0. The number of nitrogens with zero attached hydrogens (tertiary/aromatic N) is 3. The maximum atomic E-state index is 12.3. The quantitative estimate of drug-likeness (QED) is 0.315. The molecule has 0 saturated carbocycles. The number of halogens is 3. The standard InChI is InChI=1S/C23H27F3N8O2/c1-14(21(35)34(2)3)29-11-17(10-28)16(9-27)8-20-30-12-19(33-20)15-5-4-6-18(7-15)32-22(36)31-13-23(24,25)26/h4-12,14,17,27-28H,13H2,1-3H3,(H,30,33)(H2,31,32,36)/b16-8+,27-9?,28-10?,29-11?. The summed E-state index contributed by atoms with van der Waals surface area (Å²) in [5.41, 5.74) is 1.83. The van der Waals surface area contributed by atoms with E-state index < -0.39 is 30.7 Å². The molecule has 0 aliphatic carbocycles. The van der Waals surface area contributed by atoms with E-state index in [9.17, 15) is 22.8 Å². The van der Waals surface area contributed by atoms with Crippen molar-refractivity contribution >= 4 is 42.3 Å². The number of amides is 3. The van der Waals surface area contributed by atoms with Crippen LogP contribution in [0.2, 0.25) is 0 Å². The van der Waals surface area contributed by atoms with Crippen molar-refractivity contribution in [2.75, 3.05) is 26.0 Å². The molecule has 2 aromatic rings. The summed E-state index contributed by atoms with van der Waals surface area (Å²) in [5.74, 6) is -0.473. The average Bonchev–Trinajstić information content (AvgIpc) is 3.30. The van der Waals surface area contributed by atoms with Crippen LogP contribution in [0.4, 0.5) is 23.7 Å². The molecule has 3 amide bonds. The first-order valence-corrected chi connectivity index (χ1v) is 10.7. The highest BCUT2D eigenvalue weighted by atomic mass is 19.4. The SMILES string of the molecule is CC(N=CC(C=N)/C(C=N)=C/c1ncc(-c2cccc(NC(=O)NCC(F)(F)F)c2)[nH]1)C(=O)N(C)C. The lowest BCUT2D eigenvalue weighted by Gasteiger charge is -2.14. The number of carbonyl (C=O) groups is 2. The second-order valence-electron chi connectivity index (χ2n) is 7.87. The third kappa shape index (κ3) is 8.49. The third-order valence-corrected chi connectivity index (χ3v) is 4.78. The molecule has 5 N–H and O–H groups in total. The number of H-pyrrole nitrogens is 1. The molecule has 192 valence electrons. The second kappa shape index (κ2) is 12.4. The molecule has 2 atom stereocenters. The Kier molecular flexibility index (Phi) is 9.65. The van der Waals surface area contributed by atoms with E-state index in [2.05, 4.69) is 20.3 Å². The van der Waals surface area contributed by atoms with Gasteiger partial charge in [-0.25, -0.2) is 9.78 Å². The van der Waals surface area contributed by atoms with Crippen LogP contribution in [0, 0.1) is 16.7 Å². The van der Waals surface area contributed by atoms with Gasteiger partial charge in [0.15, 0.2) is 0 Å². The first-order chi connectivity index (χ1) is 16.9. The minimum atomic E-state index is -4.52. The van der Waals surface area contributed by atoms with Gasteiger partial charge in [-0.05, 0) is 30.7 Å². The number of aromatic amines is 1. The molecule has 0 bridgehead atoms. The highest BCUT2D eigenvalue weighted by Crippen LogP contribution is 2.22. The van der Waals surface area contributed by atoms with E-state index in [1.54, 1.807) is 50.6 Å². The van der Waals surface area contributed by atoms with Crippen LogP contribution in [-0.2, 0) is 4.79 Å². The van der Waals surface area contributed by atoms with Gasteiger partial charge in [0.2, 0.25) is 5.91 Å². The number of nitrogens with one attached hydrogen (secondary N) is 5. The van der Waals surface area contributed by atoms with Crippen LogP contribution in [0.15, 0.2) is 41.0 Å². The van der Waals surface area contributed by atoms with Crippen molar-refractivity contribution in [3.05, 3.63) is 41.9 Å². The van der Waals surface area contributed by atoms with Crippen LogP contribution >= 0.6 is 0 Å². The predicted octanol–water partition coefficient (Wildman–Crippen LogP) is 3.61. The number of likely N-dealkylation sites (N-methyl/N-ethyl adjacent to an activating group) is 1. The van der Waals surface area contributed by atoms with Gasteiger partial charge in [0.05, 0.1) is 17.8 Å². The molecule has 10 nitrogen and oxygen atoms in total. The number of benzene rings is 1. The summed E-state index contributed by atoms with van der Waals surface area (Å²) < 4.78 is 36.8. The fourth-order valence-corrected chi connectivity index (χ4v) is 2.95. The highest BCUT2D eigenvalue weighted by molar-refractivity contribution is 5.99. The first kappa shape index (κ1) is 28.0. The lowest BCUT2D eigenvalue weighted by molar-refractivity contribution is -0.129. The van der Waals surface area contributed by atoms with Gasteiger partial charge in [-0.3, -0.25) is 9.79 Å². The zero-order valence-corrected chi connectivity index (χ0v) is 19.8. The van der Waals surface area contributed by atoms with Crippen molar-refractivity contribution in [1.82, 2.24) is 20.2 Å². The Labute approximate surface area is 205 Å². The van der Waals surface area contributed by atoms with Gasteiger partial charge in [-0.15, -0.1) is 0 Å². The van der Waals surface area contributed by atoms with E-state index in [1.165, 1.54) is 23.4 Å². The number of allylic oxidation sites excluding steroid dienone is 1. The van der Waals surface area contributed by atoms with E-state index in [1.807, 2.05) is 0 Å². The van der Waals surface area contributed by atoms with Gasteiger partial charge in [0.1, 0.15) is 18.4 Å². The average molecular weight is 505 g/mol. The number of alkyl halides is 3. The molecule has 13 heteroatoms. The highest BCUT2D eigenvalue weighted by Gasteiger charge is 2.27. The number of urea groups is 1. The molecule has 2 rings (SSSR count). The number of aliphatic imine (C=N–C) groups is 1. The van der Waals surface area contributed by atoms with Gasteiger partial charge in [-0.2, -0.15) is 13.2 Å². The summed E-state index contributed by atoms with van der Waals surface area (Å²) >= 11 is 0. The van der Waals surface area contributed by atoms with E-state index >= 15 is 0 Å². The minimum absolute atomic E-state index is 0.194. The fourth-order valence-electron chi connectivity index (χ4n) is 2.95. The molecule has 1 aromatic heterocycles. The molecular weight excluding hydrogens is 477 g/mol. The predicted molar refractivity (Wildman–Crippen MR) is 133 cm³/mol. The van der Waals surface area contributed by atoms with Crippen molar-refractivity contribution in [1.29, 1.82) is 10.8 Å². The number of hydrogen-bond acceptors (Lipinski definition) is 6. The molecule has 1 heterocycles. The summed E-state index contributed by atoms with van der Waals surface area (Å²) in [4.78, 5) is 36.6. The van der Waals surface area contributed by atoms with Gasteiger partial charge < -0.3 is 31.3 Å². The van der Waals surface area contributed by atoms with Crippen molar-refractivity contribution in [2.45, 2.75) is 19.1 Å². The molecule has 0 aliphatic heterocycles. The zero-order valence-electron chi connectivity index (χ0n) is 19.8. The molecular formula is C23H27F3N8O2. The maximum absolute atomic E-state index is 12.3. The Morgan fingerprint density at radius 2 is 2.00 bits per heavy atom. The summed E-state index contributed by atoms with van der Waals surface area (Å²) in [5, 5.41) is 19.5. The normalized spacial score (nSPS) is 13.7. The van der Waals surface area contributed by atoms with Gasteiger partial charge >= 0.3 is 12.2 Å². The Morgan fingerprint density at radius 3 is 2.61 bits per heavy atom. The first-order valence-electron chi connectivity index (χ1n) is 10.7. The molecule has 2 unspecified atom stereocenters. The minimum Gasteiger partial charge on any atom is -0.347 e. The van der Waals surface area contributed by atoms with E-state index in [0.717, 1.165) is 12.4 Å². The Balaban J connectivity index is 2.17. The number of rotatable bonds is 10. The molecule has 1 aromatic carbocycles. The number of aromatic nitrogens is 2. The number of carbonyl (C=O) groups excluding carboxylic acids is 2. The van der Waals surface area contributed by atoms with Crippen molar-refractivity contribution < 1.29 is 22.8 Å². The van der Waals surface area contributed by atoms with Crippen molar-refractivity contribution in [2.24, 2.45) is 10.9 Å². The van der Waals surface area contributed by atoms with Crippen LogP contribution in [0.5, 0.6) is 0 Å². The number of imidazole rings is 1. The molecule has 0 radical (unpaired) electrons. The summed E-state index contributed by atoms with van der Waals surface area (Å²) in [6.45, 7) is 0.186. The monoisotopic (exact) mass is 504 g/mol. The summed E-state index contributed by atoms with van der Waals surface area (Å²) in [7, 11) is 3.24. The molecule has 0 spiro atoms. The maximum Gasteiger partial charge on any atom is 0.405 e. The van der Waals surface area contributed by atoms with Crippen molar-refractivity contribution in [3.63, 3.8) is 0 Å². The van der Waals surface area contributed by atoms with Gasteiger partial charge in [0, 0.05) is 44.0 Å². The van der Waals surface area contributed by atoms with Crippen molar-refractivity contribution in [3.8, 4) is 11.3 Å². The molecule has 36 heavy (non-hydrogen) atoms. The van der Waals surface area contributed by atoms with Crippen LogP contribution in [0.25, 0.3) is 17.3 Å². The summed E-state index contributed by atoms with van der Waals surface area (Å²) in [6.07, 6.45) is 2.14. The summed E-state index contributed by atoms with van der Waals surface area (Å²) in [6, 6.07) is 4.79. The number of hydrogen-bond donors (Lipinski definition) is 5. The molecule has 0 fully saturated rings. The Hall–Kier alpha value is -4.29. The largest absolute Gasteiger partial charge is 0.405 e. The second-order valence-corrected chi connectivity index (χ2v) is 7.87. The van der Waals surface area contributed by atoms with E-state index in [0.29, 0.717) is 22.7 Å². The fraction of sp³-hybridized carbons (Fsp3) is 0.304. The van der Waals surface area contributed by atoms with Crippen LogP contribution in [-0.4, -0.2) is 78.3 Å². The smallest absolute Gasteiger partial charge is 0.347 e. The lowest BCUT2D eigenvalue weighted by Crippen LogP contribution is -2.36. The van der Waals surface area contributed by atoms with E-state index in [4.69, 9.17) is 10.8 Å². The van der Waals surface area contributed by atoms with E-state index in [-0.39, 0.29) is 11.6 Å². The van der Waals surface area contributed by atoms with Crippen LogP contribution < -0.4 is 10.6 Å². The zero-order chi connectivity index (χ0) is 26.9. The molecule has 0 saturated heterocycles. The third-order valence-electron chi connectivity index (χ3n) is 4.78. The molecule has 0 aliphatic rings. The Morgan fingerprint density at radius 1 is 1.28 bits per heavy atom. The Bertz CT molecular complexity index is 1150. The number of anilines is 1. The van der Waals surface area contributed by atoms with Gasteiger partial charge in [0.25, 0.3) is 0 Å². The van der Waals surface area contributed by atoms with Gasteiger partial charge in [-0.1, -0.05) is 12.1 Å². The topological polar surface area (TPSA) is 150 Å².